The van der Waals surface area contributed by atoms with Crippen LogP contribution in [0, 0.1) is 20.8 Å². The van der Waals surface area contributed by atoms with Crippen molar-refractivity contribution in [2.45, 2.75) is 39.7 Å². The number of aromatic nitrogens is 2. The minimum atomic E-state index is -0.882. The Balaban J connectivity index is 1.26. The van der Waals surface area contributed by atoms with Crippen molar-refractivity contribution in [1.29, 1.82) is 0 Å². The molecule has 1 aromatic heterocycles. The van der Waals surface area contributed by atoms with Crippen LogP contribution in [-0.2, 0) is 11.2 Å². The lowest BCUT2D eigenvalue weighted by Crippen LogP contribution is -2.56. The highest BCUT2D eigenvalue weighted by atomic mass is 16.5. The van der Waals surface area contributed by atoms with Gasteiger partial charge in [0.05, 0.1) is 6.33 Å². The Labute approximate surface area is 194 Å². The van der Waals surface area contributed by atoms with Crippen molar-refractivity contribution in [3.8, 4) is 11.4 Å². The van der Waals surface area contributed by atoms with Crippen LogP contribution in [0.2, 0.25) is 0 Å². The van der Waals surface area contributed by atoms with Gasteiger partial charge in [-0.1, -0.05) is 0 Å². The fourth-order valence-electron chi connectivity index (χ4n) is 5.03. The molecular weight excluding hydrogens is 414 g/mol. The van der Waals surface area contributed by atoms with Crippen LogP contribution in [0.5, 0.6) is 5.75 Å². The van der Waals surface area contributed by atoms with Gasteiger partial charge in [-0.2, -0.15) is 0 Å². The van der Waals surface area contributed by atoms with Gasteiger partial charge in [0.25, 0.3) is 5.91 Å². The molecule has 33 heavy (non-hydrogen) atoms. The number of hydrogen-bond acceptors (Lipinski definition) is 5. The van der Waals surface area contributed by atoms with Crippen LogP contribution in [-0.4, -0.2) is 52.1 Å². The Bertz CT molecular complexity index is 1160. The summed E-state index contributed by atoms with van der Waals surface area (Å²) in [6.45, 7) is 10.9. The van der Waals surface area contributed by atoms with Crippen LogP contribution >= 0.6 is 0 Å². The maximum absolute atomic E-state index is 13.5. The molecule has 2 aliphatic rings. The minimum Gasteiger partial charge on any atom is -0.477 e. The second-order valence-corrected chi connectivity index (χ2v) is 9.37. The molecule has 7 nitrogen and oxygen atoms in total. The van der Waals surface area contributed by atoms with Gasteiger partial charge in [-0.3, -0.25) is 4.79 Å². The van der Waals surface area contributed by atoms with Gasteiger partial charge in [0, 0.05) is 67.6 Å². The van der Waals surface area contributed by atoms with Crippen molar-refractivity contribution < 1.29 is 9.53 Å². The molecule has 1 atom stereocenters. The van der Waals surface area contributed by atoms with Crippen LogP contribution in [0.15, 0.2) is 43.0 Å². The summed E-state index contributed by atoms with van der Waals surface area (Å²) in [4.78, 5) is 21.9. The molecule has 0 spiro atoms. The van der Waals surface area contributed by atoms with Gasteiger partial charge in [0.1, 0.15) is 5.75 Å². The van der Waals surface area contributed by atoms with E-state index in [1.165, 1.54) is 5.69 Å². The average Bonchev–Trinajstić information content (AvgIpc) is 3.50. The van der Waals surface area contributed by atoms with Crippen molar-refractivity contribution in [2.24, 2.45) is 0 Å². The Morgan fingerprint density at radius 1 is 1.00 bits per heavy atom. The first kappa shape index (κ1) is 21.4. The molecule has 1 amide bonds. The lowest BCUT2D eigenvalue weighted by molar-refractivity contribution is -0.145. The van der Waals surface area contributed by atoms with E-state index in [0.717, 1.165) is 52.5 Å². The number of fused-ring (bicyclic) bond motifs is 1. The molecule has 2 N–H and O–H groups in total. The summed E-state index contributed by atoms with van der Waals surface area (Å²) in [5.74, 6) is 0.899. The van der Waals surface area contributed by atoms with Crippen molar-refractivity contribution in [1.82, 2.24) is 14.5 Å². The number of nitrogen functional groups attached to an aromatic ring is 1. The number of anilines is 2. The van der Waals surface area contributed by atoms with Gasteiger partial charge >= 0.3 is 0 Å². The number of benzene rings is 2. The van der Waals surface area contributed by atoms with Crippen LogP contribution < -0.4 is 15.4 Å². The summed E-state index contributed by atoms with van der Waals surface area (Å²) in [7, 11) is 0. The zero-order valence-electron chi connectivity index (χ0n) is 19.8. The van der Waals surface area contributed by atoms with E-state index in [1.807, 2.05) is 43.4 Å². The zero-order chi connectivity index (χ0) is 23.3. The fraction of sp³-hybridized carbons (Fsp3) is 0.385. The second kappa shape index (κ2) is 7.83. The Kier molecular flexibility index (Phi) is 5.07. The minimum absolute atomic E-state index is 0.0591. The van der Waals surface area contributed by atoms with Crippen molar-refractivity contribution in [3.63, 3.8) is 0 Å². The highest BCUT2D eigenvalue weighted by molar-refractivity contribution is 5.88. The van der Waals surface area contributed by atoms with E-state index in [4.69, 9.17) is 10.5 Å². The highest BCUT2D eigenvalue weighted by Crippen LogP contribution is 2.44. The van der Waals surface area contributed by atoms with Crippen molar-refractivity contribution >= 4 is 17.3 Å². The smallest absolute Gasteiger partial charge is 0.266 e. The third kappa shape index (κ3) is 3.52. The van der Waals surface area contributed by atoms with E-state index in [0.29, 0.717) is 19.5 Å². The number of hydrogen-bond donors (Lipinski definition) is 1. The van der Waals surface area contributed by atoms with Crippen LogP contribution in [0.1, 0.15) is 29.2 Å². The number of carbonyl (C=O) groups excluding carboxylic acids is 1. The molecule has 1 unspecified atom stereocenters. The summed E-state index contributed by atoms with van der Waals surface area (Å²) in [6.07, 6.45) is 6.06. The molecule has 0 radical (unpaired) electrons. The molecule has 1 fully saturated rings. The van der Waals surface area contributed by atoms with Crippen molar-refractivity contribution in [2.75, 3.05) is 36.8 Å². The van der Waals surface area contributed by atoms with E-state index in [2.05, 4.69) is 34.1 Å². The number of nitrogens with two attached hydrogens (primary N) is 1. The van der Waals surface area contributed by atoms with Gasteiger partial charge in [-0.05, 0) is 68.7 Å². The molecule has 5 rings (SSSR count). The number of rotatable bonds is 3. The molecule has 3 heterocycles. The zero-order valence-corrected chi connectivity index (χ0v) is 19.8. The maximum atomic E-state index is 13.5. The number of imidazole rings is 1. The Morgan fingerprint density at radius 2 is 1.67 bits per heavy atom. The first-order valence-corrected chi connectivity index (χ1v) is 11.5. The molecule has 1 saturated heterocycles. The summed E-state index contributed by atoms with van der Waals surface area (Å²) in [6, 6.07) is 8.45. The van der Waals surface area contributed by atoms with E-state index in [9.17, 15) is 4.79 Å². The Hall–Kier alpha value is -3.48. The number of piperazine rings is 1. The summed E-state index contributed by atoms with van der Waals surface area (Å²) < 4.78 is 8.33. The quantitative estimate of drug-likeness (QED) is 0.625. The van der Waals surface area contributed by atoms with E-state index in [1.54, 1.807) is 12.5 Å². The van der Waals surface area contributed by atoms with E-state index < -0.39 is 5.60 Å². The van der Waals surface area contributed by atoms with Gasteiger partial charge in [-0.15, -0.1) is 0 Å². The molecule has 0 aliphatic carbocycles. The fourth-order valence-corrected chi connectivity index (χ4v) is 5.03. The lowest BCUT2D eigenvalue weighted by Gasteiger charge is -2.39. The third-order valence-corrected chi connectivity index (χ3v) is 7.32. The van der Waals surface area contributed by atoms with Gasteiger partial charge in [0.2, 0.25) is 0 Å². The van der Waals surface area contributed by atoms with Crippen LogP contribution in [0.4, 0.5) is 11.4 Å². The molecule has 3 aromatic rings. The van der Waals surface area contributed by atoms with Gasteiger partial charge in [-0.25, -0.2) is 4.98 Å². The number of carbonyl (C=O) groups is 1. The molecule has 0 saturated carbocycles. The summed E-state index contributed by atoms with van der Waals surface area (Å²) in [5, 5.41) is 0. The molecular formula is C26H31N5O2. The monoisotopic (exact) mass is 445 g/mol. The predicted octanol–water partition coefficient (Wildman–Crippen LogP) is 3.42. The largest absolute Gasteiger partial charge is 0.477 e. The van der Waals surface area contributed by atoms with Gasteiger partial charge in [0.15, 0.2) is 5.60 Å². The molecule has 0 bridgehead atoms. The topological polar surface area (TPSA) is 76.6 Å². The highest BCUT2D eigenvalue weighted by Gasteiger charge is 2.46. The number of amides is 1. The summed E-state index contributed by atoms with van der Waals surface area (Å²) in [5.41, 5.74) is 12.7. The standard InChI is InChI=1S/C26H31N5O2/c1-17-18(2)24-22(19(3)23(17)27)15-26(4,33-24)25(32)30-13-11-29(12-14-30)20-5-7-21(8-6-20)31-10-9-28-16-31/h5-10,16H,11-15,27H2,1-4H3. The van der Waals surface area contributed by atoms with E-state index in [-0.39, 0.29) is 5.91 Å². The van der Waals surface area contributed by atoms with Crippen LogP contribution in [0.3, 0.4) is 0 Å². The maximum Gasteiger partial charge on any atom is 0.266 e. The van der Waals surface area contributed by atoms with E-state index >= 15 is 0 Å². The molecule has 2 aliphatic heterocycles. The number of nitrogens with zero attached hydrogens (tertiary/aromatic N) is 4. The summed E-state index contributed by atoms with van der Waals surface area (Å²) >= 11 is 0. The third-order valence-electron chi connectivity index (χ3n) is 7.32. The SMILES string of the molecule is Cc1c(C)c2c(c(C)c1N)CC(C)(C(=O)N1CCN(c3ccc(-n4ccnc4)cc3)CC1)O2. The predicted molar refractivity (Wildman–Crippen MR) is 130 cm³/mol. The average molecular weight is 446 g/mol. The van der Waals surface area contributed by atoms with Crippen LogP contribution in [0.25, 0.3) is 5.69 Å². The normalized spacial score (nSPS) is 20.0. The molecule has 172 valence electrons. The first-order chi connectivity index (χ1) is 15.8. The molecule has 2 aromatic carbocycles. The number of ether oxygens (including phenoxy) is 1. The first-order valence-electron chi connectivity index (χ1n) is 11.5. The molecule has 7 heteroatoms. The van der Waals surface area contributed by atoms with Gasteiger partial charge < -0.3 is 24.8 Å². The Morgan fingerprint density at radius 3 is 2.30 bits per heavy atom. The second-order valence-electron chi connectivity index (χ2n) is 9.37. The van der Waals surface area contributed by atoms with Crippen molar-refractivity contribution in [3.05, 3.63) is 65.2 Å². The lowest BCUT2D eigenvalue weighted by atomic mass is 9.91.